The molecule has 7 nitrogen and oxygen atoms in total. The van der Waals surface area contributed by atoms with Crippen molar-refractivity contribution in [2.75, 3.05) is 23.7 Å². The standard InChI is InChI=1S/C23H28BrCl2N3O4S/c1-4-5-12-27-23(31)16(2)28(14-17-10-11-18(25)13-20(17)26)22(30)15-29(34(3,32)33)21-9-7-6-8-19(21)24/h6-11,13,16H,4-5,12,14-15H2,1-3H3,(H,27,31)/t16-/m0/s1. The van der Waals surface area contributed by atoms with Crippen molar-refractivity contribution < 1.29 is 18.0 Å². The van der Waals surface area contributed by atoms with E-state index in [0.717, 1.165) is 23.4 Å². The second-order valence-corrected chi connectivity index (χ2v) is 11.4. The van der Waals surface area contributed by atoms with E-state index in [1.54, 1.807) is 49.4 Å². The third kappa shape index (κ3) is 7.86. The summed E-state index contributed by atoms with van der Waals surface area (Å²) < 4.78 is 26.7. The highest BCUT2D eigenvalue weighted by Crippen LogP contribution is 2.28. The molecule has 1 N–H and O–H groups in total. The summed E-state index contributed by atoms with van der Waals surface area (Å²) in [6, 6.07) is 10.7. The maximum Gasteiger partial charge on any atom is 0.244 e. The SMILES string of the molecule is CCCCNC(=O)[C@H](C)N(Cc1ccc(Cl)cc1Cl)C(=O)CN(c1ccccc1Br)S(C)(=O)=O. The van der Waals surface area contributed by atoms with Crippen molar-refractivity contribution in [2.45, 2.75) is 39.3 Å². The van der Waals surface area contributed by atoms with E-state index in [1.165, 1.54) is 4.90 Å². The molecule has 0 unspecified atom stereocenters. The van der Waals surface area contributed by atoms with Gasteiger partial charge in [-0.05, 0) is 59.1 Å². The average Bonchev–Trinajstić information content (AvgIpc) is 2.76. The van der Waals surface area contributed by atoms with Crippen LogP contribution in [-0.2, 0) is 26.2 Å². The summed E-state index contributed by atoms with van der Waals surface area (Å²) in [7, 11) is -3.81. The number of unbranched alkanes of at least 4 members (excludes halogenated alkanes) is 1. The number of nitrogens with one attached hydrogen (secondary N) is 1. The van der Waals surface area contributed by atoms with Crippen LogP contribution in [0.25, 0.3) is 0 Å². The van der Waals surface area contributed by atoms with Crippen LogP contribution in [-0.4, -0.2) is 50.5 Å². The zero-order valence-corrected chi connectivity index (χ0v) is 23.1. The number of rotatable bonds is 11. The van der Waals surface area contributed by atoms with Crippen molar-refractivity contribution in [3.8, 4) is 0 Å². The number of halogens is 3. The van der Waals surface area contributed by atoms with Crippen molar-refractivity contribution >= 4 is 66.7 Å². The lowest BCUT2D eigenvalue weighted by molar-refractivity contribution is -0.139. The summed E-state index contributed by atoms with van der Waals surface area (Å²) in [4.78, 5) is 27.6. The van der Waals surface area contributed by atoms with Gasteiger partial charge < -0.3 is 10.2 Å². The molecule has 0 aromatic heterocycles. The summed E-state index contributed by atoms with van der Waals surface area (Å²) >= 11 is 15.7. The molecule has 0 aliphatic heterocycles. The van der Waals surface area contributed by atoms with E-state index in [2.05, 4.69) is 21.2 Å². The van der Waals surface area contributed by atoms with Crippen molar-refractivity contribution in [3.63, 3.8) is 0 Å². The van der Waals surface area contributed by atoms with Crippen molar-refractivity contribution in [1.82, 2.24) is 10.2 Å². The Morgan fingerprint density at radius 3 is 2.41 bits per heavy atom. The summed E-state index contributed by atoms with van der Waals surface area (Å²) in [5.41, 5.74) is 0.905. The van der Waals surface area contributed by atoms with E-state index in [-0.39, 0.29) is 12.5 Å². The van der Waals surface area contributed by atoms with E-state index in [4.69, 9.17) is 23.2 Å². The number of para-hydroxylation sites is 1. The highest BCUT2D eigenvalue weighted by atomic mass is 79.9. The molecule has 0 fully saturated rings. The van der Waals surface area contributed by atoms with Crippen molar-refractivity contribution in [2.24, 2.45) is 0 Å². The molecule has 1 atom stereocenters. The highest BCUT2D eigenvalue weighted by Gasteiger charge is 2.31. The number of nitrogens with zero attached hydrogens (tertiary/aromatic N) is 2. The first-order chi connectivity index (χ1) is 16.0. The van der Waals surface area contributed by atoms with Crippen LogP contribution in [0, 0.1) is 0 Å². The van der Waals surface area contributed by atoms with Gasteiger partial charge in [0.1, 0.15) is 12.6 Å². The van der Waals surface area contributed by atoms with Crippen LogP contribution in [0.2, 0.25) is 10.0 Å². The van der Waals surface area contributed by atoms with Gasteiger partial charge in [0.15, 0.2) is 0 Å². The molecule has 2 aromatic carbocycles. The minimum atomic E-state index is -3.81. The fourth-order valence-corrected chi connectivity index (χ4v) is 5.15. The smallest absolute Gasteiger partial charge is 0.244 e. The Morgan fingerprint density at radius 2 is 1.82 bits per heavy atom. The molecule has 11 heteroatoms. The van der Waals surface area contributed by atoms with Gasteiger partial charge in [-0.3, -0.25) is 13.9 Å². The largest absolute Gasteiger partial charge is 0.354 e. The van der Waals surface area contributed by atoms with E-state index in [1.807, 2.05) is 6.92 Å². The molecule has 34 heavy (non-hydrogen) atoms. The Morgan fingerprint density at radius 1 is 1.15 bits per heavy atom. The van der Waals surface area contributed by atoms with E-state index in [0.29, 0.717) is 32.3 Å². The van der Waals surface area contributed by atoms with E-state index < -0.39 is 28.5 Å². The van der Waals surface area contributed by atoms with Crippen molar-refractivity contribution in [1.29, 1.82) is 0 Å². The summed E-state index contributed by atoms with van der Waals surface area (Å²) in [5, 5.41) is 3.61. The molecule has 0 aliphatic carbocycles. The maximum atomic E-state index is 13.5. The van der Waals surface area contributed by atoms with Crippen LogP contribution in [0.5, 0.6) is 0 Å². The van der Waals surface area contributed by atoms with Crippen LogP contribution in [0.1, 0.15) is 32.3 Å². The molecule has 0 saturated carbocycles. The Labute approximate surface area is 219 Å². The first-order valence-electron chi connectivity index (χ1n) is 10.7. The lowest BCUT2D eigenvalue weighted by Crippen LogP contribution is -2.51. The number of carbonyl (C=O) groups is 2. The van der Waals surface area contributed by atoms with Gasteiger partial charge >= 0.3 is 0 Å². The first-order valence-corrected chi connectivity index (χ1v) is 14.1. The third-order valence-electron chi connectivity index (χ3n) is 5.15. The number of carbonyl (C=O) groups excluding carboxylic acids is 2. The topological polar surface area (TPSA) is 86.8 Å². The monoisotopic (exact) mass is 591 g/mol. The summed E-state index contributed by atoms with van der Waals surface area (Å²) in [6.45, 7) is 3.61. The van der Waals surface area contributed by atoms with Gasteiger partial charge in [0.25, 0.3) is 0 Å². The molecule has 2 rings (SSSR count). The lowest BCUT2D eigenvalue weighted by Gasteiger charge is -2.32. The van der Waals surface area contributed by atoms with Gasteiger partial charge in [0, 0.05) is 27.6 Å². The summed E-state index contributed by atoms with van der Waals surface area (Å²) in [5.74, 6) is -0.885. The first kappa shape index (κ1) is 28.4. The molecule has 186 valence electrons. The molecular weight excluding hydrogens is 565 g/mol. The molecule has 0 radical (unpaired) electrons. The molecule has 2 aromatic rings. The molecular formula is C23H28BrCl2N3O4S. The minimum absolute atomic E-state index is 0.00472. The highest BCUT2D eigenvalue weighted by molar-refractivity contribution is 9.10. The average molecular weight is 593 g/mol. The fraction of sp³-hybridized carbons (Fsp3) is 0.391. The minimum Gasteiger partial charge on any atom is -0.354 e. The molecule has 0 spiro atoms. The van der Waals surface area contributed by atoms with Gasteiger partial charge in [-0.2, -0.15) is 0 Å². The fourth-order valence-electron chi connectivity index (χ4n) is 3.20. The maximum absolute atomic E-state index is 13.5. The van der Waals surface area contributed by atoms with Crippen LogP contribution in [0.4, 0.5) is 5.69 Å². The van der Waals surface area contributed by atoms with Crippen LogP contribution >= 0.6 is 39.1 Å². The number of hydrogen-bond acceptors (Lipinski definition) is 4. The van der Waals surface area contributed by atoms with Gasteiger partial charge in [-0.25, -0.2) is 8.42 Å². The van der Waals surface area contributed by atoms with Crippen LogP contribution < -0.4 is 9.62 Å². The van der Waals surface area contributed by atoms with E-state index >= 15 is 0 Å². The van der Waals surface area contributed by atoms with Gasteiger partial charge in [-0.15, -0.1) is 0 Å². The zero-order valence-electron chi connectivity index (χ0n) is 19.2. The second kappa shape index (κ2) is 12.8. The quantitative estimate of drug-likeness (QED) is 0.378. The Bertz CT molecular complexity index is 1130. The number of hydrogen-bond donors (Lipinski definition) is 1. The summed E-state index contributed by atoms with van der Waals surface area (Å²) in [6.07, 6.45) is 2.74. The predicted molar refractivity (Wildman–Crippen MR) is 141 cm³/mol. The molecule has 0 aliphatic rings. The Balaban J connectivity index is 2.40. The van der Waals surface area contributed by atoms with Crippen LogP contribution in [0.15, 0.2) is 46.9 Å². The van der Waals surface area contributed by atoms with Gasteiger partial charge in [0.05, 0.1) is 11.9 Å². The number of amides is 2. The van der Waals surface area contributed by atoms with Gasteiger partial charge in [-0.1, -0.05) is 54.7 Å². The normalized spacial score (nSPS) is 12.2. The third-order valence-corrected chi connectivity index (χ3v) is 7.54. The second-order valence-electron chi connectivity index (χ2n) is 7.80. The van der Waals surface area contributed by atoms with Crippen molar-refractivity contribution in [3.05, 3.63) is 62.5 Å². The molecule has 0 bridgehead atoms. The number of sulfonamides is 1. The van der Waals surface area contributed by atoms with Gasteiger partial charge in [0.2, 0.25) is 21.8 Å². The number of benzene rings is 2. The van der Waals surface area contributed by atoms with Crippen LogP contribution in [0.3, 0.4) is 0 Å². The lowest BCUT2D eigenvalue weighted by atomic mass is 10.1. The Kier molecular flexibility index (Phi) is 10.7. The molecule has 0 saturated heterocycles. The zero-order chi connectivity index (χ0) is 25.5. The molecule has 0 heterocycles. The number of anilines is 1. The predicted octanol–water partition coefficient (Wildman–Crippen LogP) is 4.86. The van der Waals surface area contributed by atoms with E-state index in [9.17, 15) is 18.0 Å². The molecule has 2 amide bonds. The Hall–Kier alpha value is -1.81.